The zero-order chi connectivity index (χ0) is 22.6. The second-order valence-corrected chi connectivity index (χ2v) is 8.27. The molecule has 2 aromatic carbocycles. The predicted molar refractivity (Wildman–Crippen MR) is 120 cm³/mol. The van der Waals surface area contributed by atoms with Crippen molar-refractivity contribution in [1.29, 1.82) is 0 Å². The summed E-state index contributed by atoms with van der Waals surface area (Å²) >= 11 is 0. The molecule has 2 fully saturated rings. The summed E-state index contributed by atoms with van der Waals surface area (Å²) in [5.74, 6) is 0.577. The number of para-hydroxylation sites is 2. The number of hydrogen-bond donors (Lipinski definition) is 2. The number of nitrogens with one attached hydrogen (secondary N) is 1. The van der Waals surface area contributed by atoms with E-state index >= 15 is 0 Å². The van der Waals surface area contributed by atoms with Crippen molar-refractivity contribution in [1.82, 2.24) is 4.90 Å². The van der Waals surface area contributed by atoms with Crippen molar-refractivity contribution in [2.24, 2.45) is 16.6 Å². The van der Waals surface area contributed by atoms with Crippen molar-refractivity contribution in [2.75, 3.05) is 42.9 Å². The Hall–Kier alpha value is -2.94. The van der Waals surface area contributed by atoms with Gasteiger partial charge >= 0.3 is 6.36 Å². The molecule has 4 rings (SSSR count). The van der Waals surface area contributed by atoms with Crippen LogP contribution in [0.25, 0.3) is 0 Å². The fraction of sp³-hybridized carbons (Fsp3) is 0.435. The normalized spacial score (nSPS) is 18.0. The van der Waals surface area contributed by atoms with Crippen LogP contribution in [-0.2, 0) is 6.54 Å². The number of nitrogens with two attached hydrogens (primary N) is 1. The molecule has 1 aliphatic heterocycles. The first-order valence-corrected chi connectivity index (χ1v) is 10.8. The Morgan fingerprint density at radius 1 is 1.03 bits per heavy atom. The molecule has 1 aliphatic carbocycles. The molecule has 1 saturated carbocycles. The Morgan fingerprint density at radius 2 is 1.72 bits per heavy atom. The Balaban J connectivity index is 1.29. The molecule has 0 aromatic heterocycles. The summed E-state index contributed by atoms with van der Waals surface area (Å²) in [6.45, 7) is 5.82. The molecule has 172 valence electrons. The van der Waals surface area contributed by atoms with Crippen LogP contribution in [-0.4, -0.2) is 49.9 Å². The Kier molecular flexibility index (Phi) is 6.74. The van der Waals surface area contributed by atoms with Crippen LogP contribution in [0.2, 0.25) is 0 Å². The highest BCUT2D eigenvalue weighted by atomic mass is 19.4. The number of aliphatic imine (C=N–C) groups is 1. The minimum atomic E-state index is -4.78. The summed E-state index contributed by atoms with van der Waals surface area (Å²) in [7, 11) is 0. The number of halogens is 3. The summed E-state index contributed by atoms with van der Waals surface area (Å²) in [5.41, 5.74) is 8.13. The van der Waals surface area contributed by atoms with Crippen LogP contribution in [0.3, 0.4) is 0 Å². The number of anilines is 2. The van der Waals surface area contributed by atoms with Crippen molar-refractivity contribution < 1.29 is 17.9 Å². The maximum absolute atomic E-state index is 12.5. The summed E-state index contributed by atoms with van der Waals surface area (Å²) in [5, 5.41) is 2.68. The molecule has 0 radical (unpaired) electrons. The molecule has 1 heterocycles. The number of guanidine groups is 1. The van der Waals surface area contributed by atoms with E-state index in [2.05, 4.69) is 37.0 Å². The van der Waals surface area contributed by atoms with Gasteiger partial charge in [-0.2, -0.15) is 0 Å². The average molecular weight is 448 g/mol. The lowest BCUT2D eigenvalue weighted by molar-refractivity contribution is -0.274. The van der Waals surface area contributed by atoms with Gasteiger partial charge in [0.25, 0.3) is 0 Å². The fourth-order valence-corrected chi connectivity index (χ4v) is 3.80. The summed E-state index contributed by atoms with van der Waals surface area (Å²) in [6.07, 6.45) is -2.01. The van der Waals surface area contributed by atoms with Gasteiger partial charge in [0.1, 0.15) is 0 Å². The molecule has 0 unspecified atom stereocenters. The summed E-state index contributed by atoms with van der Waals surface area (Å²) in [6, 6.07) is 13.9. The van der Waals surface area contributed by atoms with Crippen LogP contribution in [0.1, 0.15) is 18.4 Å². The lowest BCUT2D eigenvalue weighted by Crippen LogP contribution is -2.47. The first kappa shape index (κ1) is 22.3. The van der Waals surface area contributed by atoms with Gasteiger partial charge in [-0.3, -0.25) is 4.90 Å². The van der Waals surface area contributed by atoms with Crippen molar-refractivity contribution in [3.8, 4) is 5.75 Å². The van der Waals surface area contributed by atoms with Gasteiger partial charge < -0.3 is 20.7 Å². The first-order chi connectivity index (χ1) is 15.4. The second kappa shape index (κ2) is 9.68. The topological polar surface area (TPSA) is 66.1 Å². The summed E-state index contributed by atoms with van der Waals surface area (Å²) in [4.78, 5) is 9.19. The number of piperazine rings is 1. The van der Waals surface area contributed by atoms with E-state index in [1.807, 2.05) is 12.1 Å². The van der Waals surface area contributed by atoms with E-state index in [0.717, 1.165) is 37.7 Å². The summed E-state index contributed by atoms with van der Waals surface area (Å²) < 4.78 is 41.7. The molecule has 9 heteroatoms. The number of ether oxygens (including phenoxy) is 1. The highest BCUT2D eigenvalue weighted by Crippen LogP contribution is 2.31. The highest BCUT2D eigenvalue weighted by molar-refractivity contribution is 5.93. The van der Waals surface area contributed by atoms with Gasteiger partial charge in [-0.15, -0.1) is 13.2 Å². The lowest BCUT2D eigenvalue weighted by atomic mass is 10.1. The number of nitrogens with zero attached hydrogens (tertiary/aromatic N) is 3. The molecule has 0 atom stereocenters. The van der Waals surface area contributed by atoms with E-state index in [1.54, 1.807) is 6.07 Å². The molecule has 0 bridgehead atoms. The van der Waals surface area contributed by atoms with Crippen molar-refractivity contribution >= 4 is 17.3 Å². The van der Waals surface area contributed by atoms with Gasteiger partial charge in [0.2, 0.25) is 0 Å². The molecular weight excluding hydrogens is 419 g/mol. The SMILES string of the molecule is NC(=NCc1ccc(N2CCN(CC3CC3)CC2)cc1)Nc1ccccc1OC(F)(F)F. The lowest BCUT2D eigenvalue weighted by Gasteiger charge is -2.36. The maximum Gasteiger partial charge on any atom is 0.573 e. The first-order valence-electron chi connectivity index (χ1n) is 10.8. The average Bonchev–Trinajstić information content (AvgIpc) is 3.58. The number of hydrogen-bond acceptors (Lipinski definition) is 4. The third kappa shape index (κ3) is 6.53. The number of alkyl halides is 3. The number of rotatable bonds is 7. The second-order valence-electron chi connectivity index (χ2n) is 8.27. The molecular formula is C23H28F3N5O. The smallest absolute Gasteiger partial charge is 0.404 e. The molecule has 0 spiro atoms. The van der Waals surface area contributed by atoms with Gasteiger partial charge in [0.05, 0.1) is 12.2 Å². The molecule has 2 aliphatic rings. The monoisotopic (exact) mass is 447 g/mol. The molecule has 2 aromatic rings. The molecule has 3 N–H and O–H groups in total. The van der Waals surface area contributed by atoms with Crippen LogP contribution in [0.5, 0.6) is 5.75 Å². The van der Waals surface area contributed by atoms with Crippen LogP contribution < -0.4 is 20.7 Å². The molecule has 1 saturated heterocycles. The largest absolute Gasteiger partial charge is 0.573 e. The predicted octanol–water partition coefficient (Wildman–Crippen LogP) is 4.04. The Labute approximate surface area is 185 Å². The Morgan fingerprint density at radius 3 is 2.38 bits per heavy atom. The maximum atomic E-state index is 12.5. The standard InChI is InChI=1S/C23H28F3N5O/c24-23(25,26)32-21-4-2-1-3-20(21)29-22(27)28-15-17-7-9-19(10-8-17)31-13-11-30(12-14-31)16-18-5-6-18/h1-4,7-10,18H,5-6,11-16H2,(H3,27,28,29). The van der Waals surface area contributed by atoms with E-state index in [9.17, 15) is 13.2 Å². The minimum absolute atomic E-state index is 0.0130. The van der Waals surface area contributed by atoms with Gasteiger partial charge in [-0.1, -0.05) is 24.3 Å². The third-order valence-electron chi connectivity index (χ3n) is 5.69. The van der Waals surface area contributed by atoms with Crippen molar-refractivity contribution in [3.05, 3.63) is 54.1 Å². The fourth-order valence-electron chi connectivity index (χ4n) is 3.80. The van der Waals surface area contributed by atoms with Gasteiger partial charge in [0, 0.05) is 38.4 Å². The molecule has 32 heavy (non-hydrogen) atoms. The van der Waals surface area contributed by atoms with E-state index in [-0.39, 0.29) is 17.4 Å². The van der Waals surface area contributed by atoms with Crippen LogP contribution in [0.4, 0.5) is 24.5 Å². The number of benzene rings is 2. The van der Waals surface area contributed by atoms with E-state index in [1.165, 1.54) is 43.3 Å². The van der Waals surface area contributed by atoms with Crippen LogP contribution in [0.15, 0.2) is 53.5 Å². The highest BCUT2D eigenvalue weighted by Gasteiger charge is 2.32. The van der Waals surface area contributed by atoms with Crippen LogP contribution >= 0.6 is 0 Å². The third-order valence-corrected chi connectivity index (χ3v) is 5.69. The zero-order valence-electron chi connectivity index (χ0n) is 17.8. The molecule has 6 nitrogen and oxygen atoms in total. The minimum Gasteiger partial charge on any atom is -0.404 e. The van der Waals surface area contributed by atoms with Crippen molar-refractivity contribution in [3.63, 3.8) is 0 Å². The van der Waals surface area contributed by atoms with Gasteiger partial charge in [-0.05, 0) is 48.6 Å². The van der Waals surface area contributed by atoms with Crippen molar-refractivity contribution in [2.45, 2.75) is 25.7 Å². The van der Waals surface area contributed by atoms with Crippen LogP contribution in [0, 0.1) is 5.92 Å². The zero-order valence-corrected chi connectivity index (χ0v) is 17.8. The Bertz CT molecular complexity index is 920. The molecule has 0 amide bonds. The van der Waals surface area contributed by atoms with E-state index in [4.69, 9.17) is 5.73 Å². The van der Waals surface area contributed by atoms with Gasteiger partial charge in [-0.25, -0.2) is 4.99 Å². The van der Waals surface area contributed by atoms with E-state index < -0.39 is 6.36 Å². The van der Waals surface area contributed by atoms with Gasteiger partial charge in [0.15, 0.2) is 11.7 Å². The quantitative estimate of drug-likeness (QED) is 0.495. The van der Waals surface area contributed by atoms with E-state index in [0.29, 0.717) is 6.54 Å².